The van der Waals surface area contributed by atoms with Gasteiger partial charge in [0, 0.05) is 11.1 Å². The van der Waals surface area contributed by atoms with Gasteiger partial charge in [0.05, 0.1) is 5.41 Å². The van der Waals surface area contributed by atoms with Crippen molar-refractivity contribution in [3.63, 3.8) is 0 Å². The molecule has 0 fully saturated rings. The van der Waals surface area contributed by atoms with Crippen molar-refractivity contribution >= 4 is 10.8 Å². The maximum absolute atomic E-state index is 6.73. The van der Waals surface area contributed by atoms with Crippen LogP contribution in [0.5, 0.6) is 11.5 Å². The molecule has 0 saturated carbocycles. The lowest BCUT2D eigenvalue weighted by molar-refractivity contribution is 0.436. The van der Waals surface area contributed by atoms with Gasteiger partial charge in [0.1, 0.15) is 11.5 Å². The first-order valence-corrected chi connectivity index (χ1v) is 14.5. The fourth-order valence-electron chi connectivity index (χ4n) is 7.38. The summed E-state index contributed by atoms with van der Waals surface area (Å²) in [5.74, 6) is 1.83. The van der Waals surface area contributed by atoms with E-state index in [-0.39, 0.29) is 0 Å². The number of para-hydroxylation sites is 1. The van der Waals surface area contributed by atoms with E-state index in [0.29, 0.717) is 0 Å². The van der Waals surface area contributed by atoms with E-state index >= 15 is 0 Å². The van der Waals surface area contributed by atoms with Crippen molar-refractivity contribution in [3.8, 4) is 44.9 Å². The lowest BCUT2D eigenvalue weighted by Gasteiger charge is -2.39. The van der Waals surface area contributed by atoms with Gasteiger partial charge in [-0.1, -0.05) is 140 Å². The lowest BCUT2D eigenvalue weighted by atomic mass is 9.66. The number of hydrogen-bond acceptors (Lipinski definition) is 1. The molecule has 7 aromatic rings. The first-order chi connectivity index (χ1) is 20.8. The molecule has 7 aromatic carbocycles. The minimum absolute atomic E-state index is 0.430. The van der Waals surface area contributed by atoms with Crippen molar-refractivity contribution in [2.75, 3.05) is 0 Å². The summed E-state index contributed by atoms with van der Waals surface area (Å²) in [6.45, 7) is 0. The first kappa shape index (κ1) is 23.3. The summed E-state index contributed by atoms with van der Waals surface area (Å²) >= 11 is 0. The van der Waals surface area contributed by atoms with Crippen LogP contribution in [-0.4, -0.2) is 0 Å². The summed E-state index contributed by atoms with van der Waals surface area (Å²) in [7, 11) is 0. The zero-order valence-electron chi connectivity index (χ0n) is 22.9. The van der Waals surface area contributed by atoms with Crippen LogP contribution in [0.1, 0.15) is 22.3 Å². The van der Waals surface area contributed by atoms with Gasteiger partial charge in [-0.2, -0.15) is 0 Å². The Morgan fingerprint density at radius 3 is 1.76 bits per heavy atom. The summed E-state index contributed by atoms with van der Waals surface area (Å²) in [6.07, 6.45) is 0. The molecule has 2 aliphatic rings. The molecular weight excluding hydrogens is 508 g/mol. The van der Waals surface area contributed by atoms with Crippen LogP contribution in [0.25, 0.3) is 44.2 Å². The van der Waals surface area contributed by atoms with Crippen LogP contribution >= 0.6 is 0 Å². The molecule has 0 aromatic heterocycles. The summed E-state index contributed by atoms with van der Waals surface area (Å²) in [6, 6.07) is 57.1. The minimum Gasteiger partial charge on any atom is -0.457 e. The zero-order chi connectivity index (χ0) is 27.7. The van der Waals surface area contributed by atoms with E-state index in [1.165, 1.54) is 60.8 Å². The Morgan fingerprint density at radius 2 is 0.929 bits per heavy atom. The van der Waals surface area contributed by atoms with Gasteiger partial charge < -0.3 is 4.74 Å². The van der Waals surface area contributed by atoms with E-state index in [2.05, 4.69) is 158 Å². The van der Waals surface area contributed by atoms with E-state index in [9.17, 15) is 0 Å². The topological polar surface area (TPSA) is 9.23 Å². The van der Waals surface area contributed by atoms with E-state index < -0.39 is 5.41 Å². The molecule has 0 unspecified atom stereocenters. The van der Waals surface area contributed by atoms with Crippen LogP contribution in [0.2, 0.25) is 0 Å². The number of rotatable bonds is 2. The molecule has 0 amide bonds. The second kappa shape index (κ2) is 8.80. The molecule has 1 nitrogen and oxygen atoms in total. The summed E-state index contributed by atoms with van der Waals surface area (Å²) in [5, 5.41) is 2.52. The second-order valence-electron chi connectivity index (χ2n) is 11.3. The molecule has 1 spiro atoms. The maximum Gasteiger partial charge on any atom is 0.132 e. The average molecular weight is 535 g/mol. The highest BCUT2D eigenvalue weighted by Crippen LogP contribution is 2.62. The van der Waals surface area contributed by atoms with Gasteiger partial charge >= 0.3 is 0 Å². The van der Waals surface area contributed by atoms with Gasteiger partial charge in [0.25, 0.3) is 0 Å². The molecule has 0 saturated heterocycles. The summed E-state index contributed by atoms with van der Waals surface area (Å²) in [4.78, 5) is 0. The summed E-state index contributed by atoms with van der Waals surface area (Å²) in [5.41, 5.74) is 11.9. The minimum atomic E-state index is -0.430. The van der Waals surface area contributed by atoms with Crippen molar-refractivity contribution in [3.05, 3.63) is 180 Å². The molecule has 1 heterocycles. The van der Waals surface area contributed by atoms with Crippen molar-refractivity contribution in [1.82, 2.24) is 0 Å². The Labute approximate surface area is 245 Å². The van der Waals surface area contributed by atoms with Crippen molar-refractivity contribution in [1.29, 1.82) is 0 Å². The SMILES string of the molecule is c1cc(-c2ccc3c(c2)Oc2ccccc2C32c3ccccc3-c3ccccc32)cc(-c2cccc3ccccc23)c1. The molecule has 0 atom stereocenters. The van der Waals surface area contributed by atoms with Crippen LogP contribution in [0.3, 0.4) is 0 Å². The Kier molecular flexibility index (Phi) is 4.88. The molecule has 9 rings (SSSR count). The van der Waals surface area contributed by atoms with E-state index in [4.69, 9.17) is 4.74 Å². The fraction of sp³-hybridized carbons (Fsp3) is 0.0244. The maximum atomic E-state index is 6.73. The number of fused-ring (bicyclic) bond motifs is 10. The molecular formula is C41H26O. The first-order valence-electron chi connectivity index (χ1n) is 14.5. The van der Waals surface area contributed by atoms with E-state index in [1.807, 2.05) is 0 Å². The molecule has 1 heteroatoms. The van der Waals surface area contributed by atoms with Crippen molar-refractivity contribution in [2.24, 2.45) is 0 Å². The third-order valence-electron chi connectivity index (χ3n) is 9.15. The normalized spacial score (nSPS) is 13.6. The van der Waals surface area contributed by atoms with Gasteiger partial charge in [0.15, 0.2) is 0 Å². The van der Waals surface area contributed by atoms with Gasteiger partial charge in [0.2, 0.25) is 0 Å². The average Bonchev–Trinajstić information content (AvgIpc) is 3.35. The van der Waals surface area contributed by atoms with E-state index in [1.54, 1.807) is 0 Å². The zero-order valence-corrected chi connectivity index (χ0v) is 22.9. The van der Waals surface area contributed by atoms with Gasteiger partial charge in [-0.3, -0.25) is 0 Å². The Bertz CT molecular complexity index is 2140. The van der Waals surface area contributed by atoms with Gasteiger partial charge in [-0.05, 0) is 73.5 Å². The van der Waals surface area contributed by atoms with Gasteiger partial charge in [-0.25, -0.2) is 0 Å². The van der Waals surface area contributed by atoms with Crippen LogP contribution in [0.15, 0.2) is 158 Å². The summed E-state index contributed by atoms with van der Waals surface area (Å²) < 4.78 is 6.73. The third kappa shape index (κ3) is 3.14. The Hall–Kier alpha value is -5.40. The monoisotopic (exact) mass is 534 g/mol. The molecule has 0 bridgehead atoms. The number of hydrogen-bond donors (Lipinski definition) is 0. The smallest absolute Gasteiger partial charge is 0.132 e. The predicted octanol–water partition coefficient (Wildman–Crippen LogP) is 10.6. The molecule has 42 heavy (non-hydrogen) atoms. The largest absolute Gasteiger partial charge is 0.457 e. The highest BCUT2D eigenvalue weighted by Gasteiger charge is 2.50. The lowest BCUT2D eigenvalue weighted by Crippen LogP contribution is -2.32. The highest BCUT2D eigenvalue weighted by molar-refractivity contribution is 5.97. The second-order valence-corrected chi connectivity index (χ2v) is 11.3. The van der Waals surface area contributed by atoms with Crippen LogP contribution in [0, 0.1) is 0 Å². The van der Waals surface area contributed by atoms with Crippen LogP contribution in [0.4, 0.5) is 0 Å². The molecule has 1 aliphatic carbocycles. The quantitative estimate of drug-likeness (QED) is 0.214. The fourth-order valence-corrected chi connectivity index (χ4v) is 7.38. The standard InChI is InChI=1S/C41H26O/c1-2-15-31-27(11-1)12-10-18-32(31)30-14-9-13-28(25-30)29-23-24-38-40(26-29)42-39-22-8-7-21-37(39)41(38)35-19-5-3-16-33(35)34-17-4-6-20-36(34)41/h1-26H. The van der Waals surface area contributed by atoms with Crippen molar-refractivity contribution in [2.45, 2.75) is 5.41 Å². The van der Waals surface area contributed by atoms with Crippen LogP contribution < -0.4 is 4.74 Å². The molecule has 196 valence electrons. The predicted molar refractivity (Wildman–Crippen MR) is 172 cm³/mol. The Morgan fingerprint density at radius 1 is 0.357 bits per heavy atom. The molecule has 1 aliphatic heterocycles. The van der Waals surface area contributed by atoms with Crippen LogP contribution in [-0.2, 0) is 5.41 Å². The van der Waals surface area contributed by atoms with E-state index in [0.717, 1.165) is 17.1 Å². The highest BCUT2D eigenvalue weighted by atomic mass is 16.5. The number of benzene rings is 7. The number of ether oxygens (including phenoxy) is 1. The molecule has 0 radical (unpaired) electrons. The third-order valence-corrected chi connectivity index (χ3v) is 9.15. The van der Waals surface area contributed by atoms with Gasteiger partial charge in [-0.15, -0.1) is 0 Å². The Balaban J connectivity index is 1.25. The molecule has 0 N–H and O–H groups in total. The van der Waals surface area contributed by atoms with Crippen molar-refractivity contribution < 1.29 is 4.74 Å².